The third-order valence-corrected chi connectivity index (χ3v) is 5.08. The van der Waals surface area contributed by atoms with Gasteiger partial charge < -0.3 is 14.6 Å². The van der Waals surface area contributed by atoms with E-state index >= 15 is 0 Å². The van der Waals surface area contributed by atoms with Gasteiger partial charge in [-0.2, -0.15) is 0 Å². The van der Waals surface area contributed by atoms with E-state index in [-0.39, 0.29) is 5.91 Å². The molecule has 1 aromatic carbocycles. The highest BCUT2D eigenvalue weighted by Gasteiger charge is 2.14. The lowest BCUT2D eigenvalue weighted by atomic mass is 10.1. The first-order chi connectivity index (χ1) is 11.8. The molecule has 0 unspecified atom stereocenters. The Morgan fingerprint density at radius 3 is 3.00 bits per heavy atom. The van der Waals surface area contributed by atoms with E-state index in [1.807, 2.05) is 41.1 Å². The molecule has 1 aliphatic rings. The molecule has 3 rings (SSSR count). The number of aromatic nitrogens is 2. The fourth-order valence-electron chi connectivity index (χ4n) is 2.74. The Labute approximate surface area is 146 Å². The summed E-state index contributed by atoms with van der Waals surface area (Å²) >= 11 is 1.64. The Kier molecular flexibility index (Phi) is 6.32. The molecule has 2 heterocycles. The van der Waals surface area contributed by atoms with Gasteiger partial charge in [0.15, 0.2) is 0 Å². The van der Waals surface area contributed by atoms with E-state index in [0.717, 1.165) is 36.7 Å². The number of hydrogen-bond acceptors (Lipinski definition) is 4. The van der Waals surface area contributed by atoms with Gasteiger partial charge in [0.1, 0.15) is 5.82 Å². The molecule has 24 heavy (non-hydrogen) atoms. The highest BCUT2D eigenvalue weighted by atomic mass is 32.2. The van der Waals surface area contributed by atoms with Gasteiger partial charge in [-0.3, -0.25) is 4.79 Å². The first kappa shape index (κ1) is 17.0. The minimum atomic E-state index is 0.0402. The predicted molar refractivity (Wildman–Crippen MR) is 96.3 cm³/mol. The maximum Gasteiger partial charge on any atom is 0.230 e. The molecule has 1 saturated heterocycles. The van der Waals surface area contributed by atoms with E-state index in [1.54, 1.807) is 18.0 Å². The van der Waals surface area contributed by atoms with Gasteiger partial charge >= 0.3 is 0 Å². The van der Waals surface area contributed by atoms with Crippen LogP contribution in [0.15, 0.2) is 42.7 Å². The molecule has 128 valence electrons. The van der Waals surface area contributed by atoms with Crippen LogP contribution in [0.5, 0.6) is 0 Å². The normalized spacial score (nSPS) is 17.6. The number of carbonyl (C=O) groups is 1. The fraction of sp³-hybridized carbons (Fsp3) is 0.444. The van der Waals surface area contributed by atoms with Crippen molar-refractivity contribution in [3.8, 4) is 5.69 Å². The monoisotopic (exact) mass is 345 g/mol. The van der Waals surface area contributed by atoms with Crippen LogP contribution < -0.4 is 5.32 Å². The maximum absolute atomic E-state index is 12.0. The second-order valence-corrected chi connectivity index (χ2v) is 6.86. The minimum absolute atomic E-state index is 0.0402. The van der Waals surface area contributed by atoms with Crippen LogP contribution in [0.3, 0.4) is 0 Å². The molecule has 1 fully saturated rings. The number of ether oxygens (including phenoxy) is 1. The predicted octanol–water partition coefficient (Wildman–Crippen LogP) is 2.79. The largest absolute Gasteiger partial charge is 0.377 e. The molecule has 0 radical (unpaired) electrons. The summed E-state index contributed by atoms with van der Waals surface area (Å²) in [6, 6.07) is 10.00. The lowest BCUT2D eigenvalue weighted by Gasteiger charge is -2.21. The van der Waals surface area contributed by atoms with Crippen LogP contribution in [0.2, 0.25) is 0 Å². The standard InChI is InChI=1S/C18H23N3O2S/c22-18(14-24-13-16-8-4-5-11-23-16)20-12-17-19-9-10-21(17)15-6-2-1-3-7-15/h1-3,6-7,9-10,16H,4-5,8,11-14H2,(H,20,22)/t16-/m0/s1. The van der Waals surface area contributed by atoms with Crippen molar-refractivity contribution in [1.82, 2.24) is 14.9 Å². The average molecular weight is 345 g/mol. The van der Waals surface area contributed by atoms with Gasteiger partial charge in [0.25, 0.3) is 0 Å². The number of hydrogen-bond donors (Lipinski definition) is 1. The first-order valence-corrected chi connectivity index (χ1v) is 9.52. The Bertz CT molecular complexity index is 639. The first-order valence-electron chi connectivity index (χ1n) is 8.36. The van der Waals surface area contributed by atoms with E-state index in [1.165, 1.54) is 6.42 Å². The van der Waals surface area contributed by atoms with Gasteiger partial charge in [-0.1, -0.05) is 18.2 Å². The SMILES string of the molecule is O=C(CSC[C@@H]1CCCCO1)NCc1nccn1-c1ccccc1. The van der Waals surface area contributed by atoms with Gasteiger partial charge in [-0.15, -0.1) is 11.8 Å². The van der Waals surface area contributed by atoms with E-state index in [2.05, 4.69) is 10.3 Å². The molecule has 0 aliphatic carbocycles. The Balaban J connectivity index is 1.43. The number of nitrogens with one attached hydrogen (secondary N) is 1. The van der Waals surface area contributed by atoms with Crippen LogP contribution in [-0.4, -0.2) is 39.7 Å². The second kappa shape index (κ2) is 8.89. The van der Waals surface area contributed by atoms with E-state index in [4.69, 9.17) is 4.74 Å². The van der Waals surface area contributed by atoms with Crippen molar-refractivity contribution in [1.29, 1.82) is 0 Å². The summed E-state index contributed by atoms with van der Waals surface area (Å²) in [7, 11) is 0. The molecule has 1 aliphatic heterocycles. The molecule has 6 heteroatoms. The summed E-state index contributed by atoms with van der Waals surface area (Å²) in [4.78, 5) is 16.4. The van der Waals surface area contributed by atoms with Crippen molar-refractivity contribution >= 4 is 17.7 Å². The number of imidazole rings is 1. The number of amides is 1. The molecule has 1 atom stereocenters. The summed E-state index contributed by atoms with van der Waals surface area (Å²) in [6.45, 7) is 1.29. The van der Waals surface area contributed by atoms with Crippen LogP contribution in [0.25, 0.3) is 5.69 Å². The van der Waals surface area contributed by atoms with Crippen molar-refractivity contribution in [2.75, 3.05) is 18.1 Å². The van der Waals surface area contributed by atoms with Crippen LogP contribution in [0.1, 0.15) is 25.1 Å². The van der Waals surface area contributed by atoms with Gasteiger partial charge in [0.05, 0.1) is 18.4 Å². The topological polar surface area (TPSA) is 56.1 Å². The third kappa shape index (κ3) is 4.85. The fourth-order valence-corrected chi connectivity index (χ4v) is 3.67. The lowest BCUT2D eigenvalue weighted by molar-refractivity contribution is -0.118. The molecule has 2 aromatic rings. The van der Waals surface area contributed by atoms with Gasteiger partial charge in [-0.25, -0.2) is 4.98 Å². The summed E-state index contributed by atoms with van der Waals surface area (Å²) in [5.74, 6) is 2.23. The summed E-state index contributed by atoms with van der Waals surface area (Å²) in [6.07, 6.45) is 7.49. The quantitative estimate of drug-likeness (QED) is 0.838. The molecular weight excluding hydrogens is 322 g/mol. The number of para-hydroxylation sites is 1. The highest BCUT2D eigenvalue weighted by Crippen LogP contribution is 2.17. The van der Waals surface area contributed by atoms with Gasteiger partial charge in [0.2, 0.25) is 5.91 Å². The summed E-state index contributed by atoms with van der Waals surface area (Å²) < 4.78 is 7.67. The Hall–Kier alpha value is -1.79. The Morgan fingerprint density at radius 1 is 1.33 bits per heavy atom. The minimum Gasteiger partial charge on any atom is -0.377 e. The van der Waals surface area contributed by atoms with Crippen molar-refractivity contribution in [3.63, 3.8) is 0 Å². The summed E-state index contributed by atoms with van der Waals surface area (Å²) in [5.41, 5.74) is 1.04. The van der Waals surface area contributed by atoms with Crippen LogP contribution in [0.4, 0.5) is 0 Å². The zero-order valence-electron chi connectivity index (χ0n) is 13.7. The molecule has 0 spiro atoms. The number of thioether (sulfide) groups is 1. The van der Waals surface area contributed by atoms with Crippen molar-refractivity contribution < 1.29 is 9.53 Å². The van der Waals surface area contributed by atoms with Gasteiger partial charge in [-0.05, 0) is 31.4 Å². The molecule has 1 N–H and O–H groups in total. The van der Waals surface area contributed by atoms with Crippen LogP contribution in [-0.2, 0) is 16.1 Å². The van der Waals surface area contributed by atoms with Crippen LogP contribution >= 0.6 is 11.8 Å². The third-order valence-electron chi connectivity index (χ3n) is 4.01. The smallest absolute Gasteiger partial charge is 0.230 e. The highest BCUT2D eigenvalue weighted by molar-refractivity contribution is 7.99. The summed E-state index contributed by atoms with van der Waals surface area (Å²) in [5, 5.41) is 2.95. The van der Waals surface area contributed by atoms with E-state index < -0.39 is 0 Å². The molecule has 1 amide bonds. The number of carbonyl (C=O) groups excluding carboxylic acids is 1. The molecule has 5 nitrogen and oxygen atoms in total. The molecule has 0 bridgehead atoms. The zero-order chi connectivity index (χ0) is 16.6. The lowest BCUT2D eigenvalue weighted by Crippen LogP contribution is -2.27. The Morgan fingerprint density at radius 2 is 2.21 bits per heavy atom. The zero-order valence-corrected chi connectivity index (χ0v) is 14.5. The maximum atomic E-state index is 12.0. The average Bonchev–Trinajstić information content (AvgIpc) is 3.10. The van der Waals surface area contributed by atoms with E-state index in [9.17, 15) is 4.79 Å². The second-order valence-electron chi connectivity index (χ2n) is 5.83. The van der Waals surface area contributed by atoms with Crippen molar-refractivity contribution in [2.24, 2.45) is 0 Å². The van der Waals surface area contributed by atoms with Crippen LogP contribution in [0, 0.1) is 0 Å². The number of benzene rings is 1. The number of rotatable bonds is 7. The van der Waals surface area contributed by atoms with E-state index in [0.29, 0.717) is 18.4 Å². The van der Waals surface area contributed by atoms with Crippen molar-refractivity contribution in [2.45, 2.75) is 31.9 Å². The molecule has 0 saturated carbocycles. The van der Waals surface area contributed by atoms with Crippen molar-refractivity contribution in [3.05, 3.63) is 48.5 Å². The molecule has 1 aromatic heterocycles. The van der Waals surface area contributed by atoms with Gasteiger partial charge in [0, 0.05) is 30.4 Å². The number of nitrogens with zero attached hydrogens (tertiary/aromatic N) is 2. The molecular formula is C18H23N3O2S.